The van der Waals surface area contributed by atoms with Gasteiger partial charge in [0.05, 0.1) is 0 Å². The summed E-state index contributed by atoms with van der Waals surface area (Å²) in [5.41, 5.74) is 4.43. The van der Waals surface area contributed by atoms with Crippen LogP contribution in [0.15, 0.2) is 46.6 Å². The highest BCUT2D eigenvalue weighted by atomic mass is 16.3. The minimum Gasteiger partial charge on any atom is -0.386 e. The molecule has 124 valence electrons. The third-order valence-electron chi connectivity index (χ3n) is 4.37. The summed E-state index contributed by atoms with van der Waals surface area (Å²) in [5, 5.41) is 20.9. The molecule has 0 saturated heterocycles. The van der Waals surface area contributed by atoms with Crippen LogP contribution in [0.4, 0.5) is 0 Å². The molecule has 1 aliphatic rings. The van der Waals surface area contributed by atoms with Gasteiger partial charge in [-0.1, -0.05) is 49.3 Å². The normalized spacial score (nSPS) is 35.3. The molecule has 0 aliphatic heterocycles. The average Bonchev–Trinajstić information content (AvgIpc) is 2.45. The molecular weight excluding hydrogens is 272 g/mol. The topological polar surface area (TPSA) is 40.5 Å². The fraction of sp³-hybridized carbons (Fsp3) is 0.600. The summed E-state index contributed by atoms with van der Waals surface area (Å²) in [6, 6.07) is 0. The van der Waals surface area contributed by atoms with Gasteiger partial charge in [0.25, 0.3) is 0 Å². The van der Waals surface area contributed by atoms with E-state index in [2.05, 4.69) is 45.9 Å². The summed E-state index contributed by atoms with van der Waals surface area (Å²) >= 11 is 0. The quantitative estimate of drug-likeness (QED) is 0.689. The van der Waals surface area contributed by atoms with Crippen LogP contribution in [0.5, 0.6) is 0 Å². The van der Waals surface area contributed by atoms with Crippen LogP contribution in [-0.2, 0) is 0 Å². The second kappa shape index (κ2) is 9.12. The van der Waals surface area contributed by atoms with E-state index < -0.39 is 12.2 Å². The zero-order chi connectivity index (χ0) is 16.7. The van der Waals surface area contributed by atoms with Crippen LogP contribution in [0.1, 0.15) is 60.3 Å². The van der Waals surface area contributed by atoms with E-state index >= 15 is 0 Å². The molecule has 1 aliphatic carbocycles. The SMILES string of the molecule is C/C1=C/C=C(/C(C)C)[C@@H](O)[C@H](O)/C(C)=C\CC/C(C)=C\CC1. The van der Waals surface area contributed by atoms with Gasteiger partial charge < -0.3 is 10.2 Å². The Morgan fingerprint density at radius 3 is 2.09 bits per heavy atom. The molecule has 0 fully saturated rings. The van der Waals surface area contributed by atoms with Crippen molar-refractivity contribution in [3.8, 4) is 0 Å². The summed E-state index contributed by atoms with van der Waals surface area (Å²) in [6.07, 6.45) is 10.8. The highest BCUT2D eigenvalue weighted by Crippen LogP contribution is 2.22. The predicted molar refractivity (Wildman–Crippen MR) is 94.7 cm³/mol. The maximum atomic E-state index is 10.5. The molecule has 0 aromatic rings. The Kier molecular flexibility index (Phi) is 7.84. The Morgan fingerprint density at radius 2 is 1.45 bits per heavy atom. The Labute approximate surface area is 135 Å². The summed E-state index contributed by atoms with van der Waals surface area (Å²) in [7, 11) is 0. The molecule has 0 amide bonds. The summed E-state index contributed by atoms with van der Waals surface area (Å²) in [5.74, 6) is 0.205. The van der Waals surface area contributed by atoms with Gasteiger partial charge >= 0.3 is 0 Å². The Morgan fingerprint density at radius 1 is 0.864 bits per heavy atom. The van der Waals surface area contributed by atoms with Crippen molar-refractivity contribution in [2.24, 2.45) is 5.92 Å². The second-order valence-electron chi connectivity index (χ2n) is 6.80. The number of hydrogen-bond acceptors (Lipinski definition) is 2. The van der Waals surface area contributed by atoms with Crippen molar-refractivity contribution >= 4 is 0 Å². The van der Waals surface area contributed by atoms with Gasteiger partial charge in [0.2, 0.25) is 0 Å². The lowest BCUT2D eigenvalue weighted by atomic mass is 9.90. The van der Waals surface area contributed by atoms with Crippen molar-refractivity contribution in [1.29, 1.82) is 0 Å². The smallest absolute Gasteiger partial charge is 0.105 e. The third kappa shape index (κ3) is 5.94. The predicted octanol–water partition coefficient (Wildman–Crippen LogP) is 4.70. The summed E-state index contributed by atoms with van der Waals surface area (Å²) in [4.78, 5) is 0. The number of aliphatic hydroxyl groups is 2. The Balaban J connectivity index is 3.13. The molecule has 2 heteroatoms. The van der Waals surface area contributed by atoms with E-state index in [0.29, 0.717) is 0 Å². The van der Waals surface area contributed by atoms with Gasteiger partial charge in [-0.05, 0) is 63.5 Å². The van der Waals surface area contributed by atoms with Crippen LogP contribution in [0.3, 0.4) is 0 Å². The molecule has 0 radical (unpaired) electrons. The number of hydrogen-bond donors (Lipinski definition) is 2. The van der Waals surface area contributed by atoms with Crippen LogP contribution >= 0.6 is 0 Å². The second-order valence-corrected chi connectivity index (χ2v) is 6.80. The van der Waals surface area contributed by atoms with E-state index in [1.165, 1.54) is 11.1 Å². The first-order valence-electron chi connectivity index (χ1n) is 8.38. The number of aliphatic hydroxyl groups excluding tert-OH is 2. The van der Waals surface area contributed by atoms with Gasteiger partial charge in [-0.15, -0.1) is 0 Å². The lowest BCUT2D eigenvalue weighted by molar-refractivity contribution is 0.0603. The maximum Gasteiger partial charge on any atom is 0.105 e. The van der Waals surface area contributed by atoms with E-state index in [1.807, 2.05) is 13.0 Å². The third-order valence-corrected chi connectivity index (χ3v) is 4.37. The monoisotopic (exact) mass is 304 g/mol. The van der Waals surface area contributed by atoms with E-state index in [1.54, 1.807) is 0 Å². The average molecular weight is 304 g/mol. The minimum atomic E-state index is -0.833. The van der Waals surface area contributed by atoms with E-state index in [9.17, 15) is 10.2 Å². The molecule has 2 atom stereocenters. The summed E-state index contributed by atoms with van der Waals surface area (Å²) < 4.78 is 0. The van der Waals surface area contributed by atoms with Crippen molar-refractivity contribution in [3.63, 3.8) is 0 Å². The molecule has 0 saturated carbocycles. The fourth-order valence-corrected chi connectivity index (χ4v) is 2.68. The Bertz CT molecular complexity index is 478. The standard InChI is InChI=1S/C20H32O2/c1-14(2)18-13-12-16(4)9-6-8-15(3)10-7-11-17(5)19(21)20(18)22/h8,11-14,19-22H,6-7,9-10H2,1-5H3/b15-8-,16-12-,17-11-,18-13-/t19-,20-/m1/s1. The van der Waals surface area contributed by atoms with E-state index in [4.69, 9.17) is 0 Å². The van der Waals surface area contributed by atoms with Crippen molar-refractivity contribution in [1.82, 2.24) is 0 Å². The molecule has 2 N–H and O–H groups in total. The first-order chi connectivity index (χ1) is 10.3. The van der Waals surface area contributed by atoms with Gasteiger partial charge in [0.15, 0.2) is 0 Å². The molecule has 0 bridgehead atoms. The molecule has 22 heavy (non-hydrogen) atoms. The van der Waals surface area contributed by atoms with Crippen molar-refractivity contribution in [2.45, 2.75) is 72.5 Å². The van der Waals surface area contributed by atoms with Crippen molar-refractivity contribution < 1.29 is 10.2 Å². The van der Waals surface area contributed by atoms with Crippen LogP contribution in [0.25, 0.3) is 0 Å². The van der Waals surface area contributed by atoms with Crippen LogP contribution in [0.2, 0.25) is 0 Å². The van der Waals surface area contributed by atoms with Crippen LogP contribution < -0.4 is 0 Å². The lowest BCUT2D eigenvalue weighted by Crippen LogP contribution is -2.30. The van der Waals surface area contributed by atoms with Gasteiger partial charge in [0.1, 0.15) is 12.2 Å². The van der Waals surface area contributed by atoms with Crippen molar-refractivity contribution in [3.05, 3.63) is 46.6 Å². The van der Waals surface area contributed by atoms with E-state index in [-0.39, 0.29) is 5.92 Å². The first-order valence-corrected chi connectivity index (χ1v) is 8.38. The Hall–Kier alpha value is -1.12. The van der Waals surface area contributed by atoms with Crippen LogP contribution in [0, 0.1) is 5.92 Å². The largest absolute Gasteiger partial charge is 0.386 e. The maximum absolute atomic E-state index is 10.5. The van der Waals surface area contributed by atoms with Gasteiger partial charge in [0, 0.05) is 0 Å². The molecule has 0 unspecified atom stereocenters. The molecule has 0 spiro atoms. The van der Waals surface area contributed by atoms with Gasteiger partial charge in [-0.3, -0.25) is 0 Å². The number of allylic oxidation sites excluding steroid dienone is 6. The summed E-state index contributed by atoms with van der Waals surface area (Å²) in [6.45, 7) is 10.3. The molecule has 1 rings (SSSR count). The zero-order valence-corrected chi connectivity index (χ0v) is 14.8. The van der Waals surface area contributed by atoms with Crippen molar-refractivity contribution in [2.75, 3.05) is 0 Å². The van der Waals surface area contributed by atoms with Gasteiger partial charge in [-0.2, -0.15) is 0 Å². The first kappa shape index (κ1) is 18.9. The molecule has 0 heterocycles. The van der Waals surface area contributed by atoms with Crippen LogP contribution in [-0.4, -0.2) is 22.4 Å². The lowest BCUT2D eigenvalue weighted by Gasteiger charge is -2.24. The highest BCUT2D eigenvalue weighted by Gasteiger charge is 2.23. The molecule has 2 nitrogen and oxygen atoms in total. The molecular formula is C20H32O2. The molecule has 0 aromatic carbocycles. The molecule has 0 aromatic heterocycles. The van der Waals surface area contributed by atoms with Gasteiger partial charge in [-0.25, -0.2) is 0 Å². The van der Waals surface area contributed by atoms with E-state index in [0.717, 1.165) is 36.8 Å². The minimum absolute atomic E-state index is 0.205. The highest BCUT2D eigenvalue weighted by molar-refractivity contribution is 5.25. The number of rotatable bonds is 1. The zero-order valence-electron chi connectivity index (χ0n) is 14.8. The fourth-order valence-electron chi connectivity index (χ4n) is 2.68.